The fourth-order valence-electron chi connectivity index (χ4n) is 1.54. The molecule has 1 aromatic rings. The average Bonchev–Trinajstić information content (AvgIpc) is 2.36. The van der Waals surface area contributed by atoms with E-state index in [0.717, 1.165) is 18.4 Å². The molecule has 0 fully saturated rings. The second kappa shape index (κ2) is 6.99. The lowest BCUT2D eigenvalue weighted by Gasteiger charge is -2.08. The number of benzene rings is 1. The minimum absolute atomic E-state index is 0.0719. The molecule has 1 rings (SSSR count). The van der Waals surface area contributed by atoms with Crippen molar-refractivity contribution in [2.24, 2.45) is 0 Å². The molecule has 0 atom stereocenters. The van der Waals surface area contributed by atoms with Crippen LogP contribution in [0.15, 0.2) is 18.2 Å². The predicted molar refractivity (Wildman–Crippen MR) is 76.0 cm³/mol. The third-order valence-corrected chi connectivity index (χ3v) is 3.20. The van der Waals surface area contributed by atoms with Gasteiger partial charge in [-0.15, -0.1) is 0 Å². The second-order valence-corrected chi connectivity index (χ2v) is 6.07. The van der Waals surface area contributed by atoms with Gasteiger partial charge in [-0.05, 0) is 18.6 Å². The molecule has 116 valence electrons. The Balaban J connectivity index is 2.70. The van der Waals surface area contributed by atoms with Crippen molar-refractivity contribution in [1.29, 1.82) is 0 Å². The van der Waals surface area contributed by atoms with Gasteiger partial charge >= 0.3 is 5.97 Å². The molecular weight excluding hydrogens is 302 g/mol. The predicted octanol–water partition coefficient (Wildman–Crippen LogP) is 0.644. The van der Waals surface area contributed by atoms with E-state index in [1.807, 2.05) is 0 Å². The number of carbonyl (C=O) groups is 1. The molecule has 0 aliphatic carbocycles. The standard InChI is InChI=1S/C11H15N3O6S/c1-21(19,20)13-6-2-5-12-9-7-8(11(15)16)3-4-10(9)14(17)18/h3-4,7,12-13H,2,5-6H2,1H3,(H,15,16). The molecule has 0 bridgehead atoms. The van der Waals surface area contributed by atoms with Crippen molar-refractivity contribution in [3.05, 3.63) is 33.9 Å². The second-order valence-electron chi connectivity index (χ2n) is 4.24. The Bertz CT molecular complexity index is 643. The lowest BCUT2D eigenvalue weighted by atomic mass is 10.1. The van der Waals surface area contributed by atoms with Crippen molar-refractivity contribution >= 4 is 27.4 Å². The summed E-state index contributed by atoms with van der Waals surface area (Å²) in [6, 6.07) is 3.43. The average molecular weight is 317 g/mol. The Morgan fingerprint density at radius 3 is 2.57 bits per heavy atom. The zero-order valence-electron chi connectivity index (χ0n) is 11.2. The van der Waals surface area contributed by atoms with Crippen LogP contribution >= 0.6 is 0 Å². The van der Waals surface area contributed by atoms with Gasteiger partial charge in [0, 0.05) is 19.2 Å². The number of hydrogen-bond acceptors (Lipinski definition) is 6. The van der Waals surface area contributed by atoms with Crippen LogP contribution in [0, 0.1) is 10.1 Å². The lowest BCUT2D eigenvalue weighted by molar-refractivity contribution is -0.384. The third kappa shape index (κ3) is 5.75. The summed E-state index contributed by atoms with van der Waals surface area (Å²) in [5, 5.41) is 22.4. The van der Waals surface area contributed by atoms with E-state index in [4.69, 9.17) is 5.11 Å². The van der Waals surface area contributed by atoms with E-state index in [9.17, 15) is 23.3 Å². The molecule has 3 N–H and O–H groups in total. The van der Waals surface area contributed by atoms with Crippen LogP contribution in [-0.4, -0.2) is 43.8 Å². The van der Waals surface area contributed by atoms with Gasteiger partial charge in [0.25, 0.3) is 5.69 Å². The number of nitro groups is 1. The summed E-state index contributed by atoms with van der Waals surface area (Å²) in [5.74, 6) is -1.19. The SMILES string of the molecule is CS(=O)(=O)NCCCNc1cc(C(=O)O)ccc1[N+](=O)[O-]. The van der Waals surface area contributed by atoms with E-state index in [0.29, 0.717) is 6.42 Å². The molecule has 0 aliphatic rings. The summed E-state index contributed by atoms with van der Waals surface area (Å²) in [5.41, 5.74) is -0.229. The molecule has 0 aromatic heterocycles. The van der Waals surface area contributed by atoms with Crippen molar-refractivity contribution in [1.82, 2.24) is 4.72 Å². The van der Waals surface area contributed by atoms with Crippen molar-refractivity contribution < 1.29 is 23.2 Å². The van der Waals surface area contributed by atoms with E-state index in [-0.39, 0.29) is 30.0 Å². The van der Waals surface area contributed by atoms with Crippen molar-refractivity contribution in [2.45, 2.75) is 6.42 Å². The summed E-state index contributed by atoms with van der Waals surface area (Å²) in [4.78, 5) is 21.1. The number of nitrogens with one attached hydrogen (secondary N) is 2. The molecule has 0 saturated heterocycles. The number of nitrogens with zero attached hydrogens (tertiary/aromatic N) is 1. The van der Waals surface area contributed by atoms with Gasteiger partial charge in [-0.3, -0.25) is 10.1 Å². The fraction of sp³-hybridized carbons (Fsp3) is 0.364. The fourth-order valence-corrected chi connectivity index (χ4v) is 2.05. The van der Waals surface area contributed by atoms with Gasteiger partial charge in [0.2, 0.25) is 10.0 Å². The Morgan fingerprint density at radius 1 is 1.38 bits per heavy atom. The molecule has 0 heterocycles. The summed E-state index contributed by atoms with van der Waals surface area (Å²) >= 11 is 0. The van der Waals surface area contributed by atoms with E-state index in [1.165, 1.54) is 6.07 Å². The number of hydrogen-bond donors (Lipinski definition) is 3. The molecule has 0 aliphatic heterocycles. The van der Waals surface area contributed by atoms with Crippen molar-refractivity contribution in [3.8, 4) is 0 Å². The highest BCUT2D eigenvalue weighted by molar-refractivity contribution is 7.88. The highest BCUT2D eigenvalue weighted by atomic mass is 32.2. The summed E-state index contributed by atoms with van der Waals surface area (Å²) in [6.07, 6.45) is 1.42. The number of rotatable bonds is 8. The zero-order valence-corrected chi connectivity index (χ0v) is 12.0. The molecule has 0 spiro atoms. The monoisotopic (exact) mass is 317 g/mol. The van der Waals surface area contributed by atoms with Gasteiger partial charge in [0.05, 0.1) is 16.7 Å². The molecule has 10 heteroatoms. The number of aromatic carboxylic acids is 1. The molecule has 21 heavy (non-hydrogen) atoms. The van der Waals surface area contributed by atoms with Crippen LogP contribution in [0.5, 0.6) is 0 Å². The lowest BCUT2D eigenvalue weighted by Crippen LogP contribution is -2.24. The van der Waals surface area contributed by atoms with Crippen LogP contribution < -0.4 is 10.0 Å². The molecule has 0 amide bonds. The van der Waals surface area contributed by atoms with Crippen LogP contribution in [0.2, 0.25) is 0 Å². The number of anilines is 1. The molecule has 9 nitrogen and oxygen atoms in total. The van der Waals surface area contributed by atoms with Gasteiger partial charge < -0.3 is 10.4 Å². The van der Waals surface area contributed by atoms with Crippen molar-refractivity contribution in [3.63, 3.8) is 0 Å². The first kappa shape index (κ1) is 16.9. The maximum Gasteiger partial charge on any atom is 0.335 e. The van der Waals surface area contributed by atoms with E-state index in [1.54, 1.807) is 0 Å². The first-order valence-electron chi connectivity index (χ1n) is 5.91. The van der Waals surface area contributed by atoms with Gasteiger partial charge in [-0.1, -0.05) is 0 Å². The summed E-state index contributed by atoms with van der Waals surface area (Å²) in [7, 11) is -3.27. The highest BCUT2D eigenvalue weighted by Gasteiger charge is 2.16. The third-order valence-electron chi connectivity index (χ3n) is 2.47. The Labute approximate surface area is 121 Å². The van der Waals surface area contributed by atoms with Crippen LogP contribution in [0.3, 0.4) is 0 Å². The zero-order chi connectivity index (χ0) is 16.0. The maximum absolute atomic E-state index is 10.8. The molecule has 1 aromatic carbocycles. The number of carboxylic acid groups (broad SMARTS) is 1. The number of sulfonamides is 1. The number of carboxylic acids is 1. The Morgan fingerprint density at radius 2 is 2.05 bits per heavy atom. The van der Waals surface area contributed by atoms with Gasteiger partial charge in [0.1, 0.15) is 5.69 Å². The molecular formula is C11H15N3O6S. The van der Waals surface area contributed by atoms with Gasteiger partial charge in [-0.25, -0.2) is 17.9 Å². The van der Waals surface area contributed by atoms with Crippen LogP contribution in [0.25, 0.3) is 0 Å². The minimum atomic E-state index is -3.27. The Kier molecular flexibility index (Phi) is 5.61. The maximum atomic E-state index is 10.8. The van der Waals surface area contributed by atoms with Gasteiger partial charge in [0.15, 0.2) is 0 Å². The van der Waals surface area contributed by atoms with Crippen molar-refractivity contribution in [2.75, 3.05) is 24.7 Å². The molecule has 0 unspecified atom stereocenters. The summed E-state index contributed by atoms with van der Waals surface area (Å²) < 4.78 is 24.0. The smallest absolute Gasteiger partial charge is 0.335 e. The molecule has 0 radical (unpaired) electrons. The number of nitro benzene ring substituents is 1. The Hall–Kier alpha value is -2.20. The highest BCUT2D eigenvalue weighted by Crippen LogP contribution is 2.25. The molecule has 0 saturated carbocycles. The largest absolute Gasteiger partial charge is 0.478 e. The van der Waals surface area contributed by atoms with Crippen LogP contribution in [0.4, 0.5) is 11.4 Å². The topological polar surface area (TPSA) is 139 Å². The quantitative estimate of drug-likeness (QED) is 0.363. The summed E-state index contributed by atoms with van der Waals surface area (Å²) in [6.45, 7) is 0.435. The first-order chi connectivity index (χ1) is 9.70. The van der Waals surface area contributed by atoms with Crippen LogP contribution in [-0.2, 0) is 10.0 Å². The first-order valence-corrected chi connectivity index (χ1v) is 7.80. The van der Waals surface area contributed by atoms with E-state index >= 15 is 0 Å². The van der Waals surface area contributed by atoms with E-state index in [2.05, 4.69) is 10.0 Å². The van der Waals surface area contributed by atoms with Gasteiger partial charge in [-0.2, -0.15) is 0 Å². The van der Waals surface area contributed by atoms with E-state index < -0.39 is 20.9 Å². The normalized spacial score (nSPS) is 11.1. The van der Waals surface area contributed by atoms with Crippen LogP contribution in [0.1, 0.15) is 16.8 Å². The minimum Gasteiger partial charge on any atom is -0.478 e.